The Kier molecular flexibility index (Phi) is 5.18. The summed E-state index contributed by atoms with van der Waals surface area (Å²) in [4.78, 5) is 23.8. The third kappa shape index (κ3) is 3.53. The molecule has 0 aliphatic carbocycles. The lowest BCUT2D eigenvalue weighted by atomic mass is 10.1. The van der Waals surface area contributed by atoms with Crippen LogP contribution in [0.3, 0.4) is 0 Å². The van der Waals surface area contributed by atoms with Gasteiger partial charge in [0.2, 0.25) is 0 Å². The number of amides is 3. The van der Waals surface area contributed by atoms with Crippen molar-refractivity contribution in [2.45, 2.75) is 27.3 Å². The van der Waals surface area contributed by atoms with Gasteiger partial charge in [0.25, 0.3) is 5.91 Å². The van der Waals surface area contributed by atoms with Crippen LogP contribution in [0.2, 0.25) is 0 Å². The Bertz CT molecular complexity index is 785. The molecule has 1 heterocycles. The van der Waals surface area contributed by atoms with E-state index < -0.39 is 17.8 Å². The zero-order valence-corrected chi connectivity index (χ0v) is 14.0. The van der Waals surface area contributed by atoms with Crippen molar-refractivity contribution in [1.29, 1.82) is 0 Å². The highest BCUT2D eigenvalue weighted by molar-refractivity contribution is 6.02. The Morgan fingerprint density at radius 1 is 1.25 bits per heavy atom. The van der Waals surface area contributed by atoms with Gasteiger partial charge in [0, 0.05) is 19.3 Å². The molecule has 0 fully saturated rings. The molecule has 3 N–H and O–H groups in total. The summed E-state index contributed by atoms with van der Waals surface area (Å²) in [6.45, 7) is 6.32. The normalized spacial score (nSPS) is 10.4. The molecule has 0 aliphatic rings. The highest BCUT2D eigenvalue weighted by Crippen LogP contribution is 2.20. The third-order valence-corrected chi connectivity index (χ3v) is 3.62. The molecule has 2 aromatic rings. The molecule has 2 rings (SSSR count). The lowest BCUT2D eigenvalue weighted by molar-refractivity contribution is 0.0959. The Hall–Kier alpha value is -2.90. The lowest BCUT2D eigenvalue weighted by Crippen LogP contribution is -2.22. The van der Waals surface area contributed by atoms with Crippen LogP contribution in [0.25, 0.3) is 0 Å². The summed E-state index contributed by atoms with van der Waals surface area (Å²) in [5.41, 5.74) is 2.35. The Morgan fingerprint density at radius 3 is 2.54 bits per heavy atom. The second kappa shape index (κ2) is 7.12. The maximum Gasteiger partial charge on any atom is 0.323 e. The van der Waals surface area contributed by atoms with E-state index in [4.69, 9.17) is 0 Å². The second-order valence-corrected chi connectivity index (χ2v) is 5.21. The van der Waals surface area contributed by atoms with Gasteiger partial charge in [-0.3, -0.25) is 9.48 Å². The number of benzene rings is 1. The van der Waals surface area contributed by atoms with Crippen LogP contribution < -0.4 is 16.0 Å². The van der Waals surface area contributed by atoms with Gasteiger partial charge in [0.15, 0.2) is 0 Å². The van der Waals surface area contributed by atoms with Gasteiger partial charge < -0.3 is 16.0 Å². The molecule has 7 nitrogen and oxygen atoms in total. The number of hydrogen-bond donors (Lipinski definition) is 3. The number of halogens is 1. The van der Waals surface area contributed by atoms with Gasteiger partial charge in [0.05, 0.1) is 22.6 Å². The molecule has 0 saturated heterocycles. The first-order valence-corrected chi connectivity index (χ1v) is 7.51. The summed E-state index contributed by atoms with van der Waals surface area (Å²) in [5, 5.41) is 12.0. The minimum Gasteiger partial charge on any atom is -0.355 e. The number of carbonyl (C=O) groups is 2. The number of urea groups is 1. The van der Waals surface area contributed by atoms with E-state index in [2.05, 4.69) is 21.0 Å². The molecular weight excluding hydrogens is 313 g/mol. The maximum atomic E-state index is 13.6. The average molecular weight is 333 g/mol. The van der Waals surface area contributed by atoms with E-state index in [0.29, 0.717) is 23.6 Å². The zero-order chi connectivity index (χ0) is 17.9. The highest BCUT2D eigenvalue weighted by atomic mass is 19.1. The second-order valence-electron chi connectivity index (χ2n) is 5.21. The van der Waals surface area contributed by atoms with Gasteiger partial charge in [-0.05, 0) is 39.0 Å². The van der Waals surface area contributed by atoms with Crippen LogP contribution in [0.15, 0.2) is 18.2 Å². The molecule has 0 bridgehead atoms. The average Bonchev–Trinajstić information content (AvgIpc) is 2.83. The van der Waals surface area contributed by atoms with Crippen LogP contribution in [-0.2, 0) is 6.54 Å². The van der Waals surface area contributed by atoms with Gasteiger partial charge in [-0.2, -0.15) is 5.10 Å². The monoisotopic (exact) mass is 333 g/mol. The first-order chi connectivity index (χ1) is 11.4. The zero-order valence-electron chi connectivity index (χ0n) is 14.0. The molecule has 0 spiro atoms. The molecule has 0 atom stereocenters. The molecule has 3 amide bonds. The van der Waals surface area contributed by atoms with E-state index in [1.54, 1.807) is 11.6 Å². The van der Waals surface area contributed by atoms with Gasteiger partial charge >= 0.3 is 6.03 Å². The van der Waals surface area contributed by atoms with Crippen LogP contribution in [-0.4, -0.2) is 28.8 Å². The Morgan fingerprint density at radius 2 is 1.96 bits per heavy atom. The van der Waals surface area contributed by atoms with Crippen LogP contribution in [0.4, 0.5) is 20.6 Å². The quantitative estimate of drug-likeness (QED) is 0.804. The number of rotatable bonds is 4. The lowest BCUT2D eigenvalue weighted by Gasteiger charge is -2.10. The van der Waals surface area contributed by atoms with Gasteiger partial charge in [-0.25, -0.2) is 9.18 Å². The van der Waals surface area contributed by atoms with E-state index in [0.717, 1.165) is 11.8 Å². The molecule has 0 saturated carbocycles. The summed E-state index contributed by atoms with van der Waals surface area (Å²) in [6.07, 6.45) is 0. The number of carbonyl (C=O) groups excluding carboxylic acids is 2. The topological polar surface area (TPSA) is 88.1 Å². The predicted octanol–water partition coefficient (Wildman–Crippen LogP) is 2.66. The molecule has 24 heavy (non-hydrogen) atoms. The number of aryl methyl sites for hydroxylation is 2. The SMILES string of the molecule is CCn1nc(C)c(NC(=O)Nc2ccc(F)c(C(=O)NC)c2)c1C. The predicted molar refractivity (Wildman–Crippen MR) is 89.8 cm³/mol. The summed E-state index contributed by atoms with van der Waals surface area (Å²) in [5.74, 6) is -1.22. The molecule has 0 aliphatic heterocycles. The highest BCUT2D eigenvalue weighted by Gasteiger charge is 2.15. The summed E-state index contributed by atoms with van der Waals surface area (Å²) in [7, 11) is 1.41. The van der Waals surface area contributed by atoms with Gasteiger partial charge in [-0.15, -0.1) is 0 Å². The smallest absolute Gasteiger partial charge is 0.323 e. The summed E-state index contributed by atoms with van der Waals surface area (Å²) >= 11 is 0. The first kappa shape index (κ1) is 17.5. The standard InChI is InChI=1S/C16H20FN5O2/c1-5-22-10(3)14(9(2)21-22)20-16(24)19-11-6-7-13(17)12(8-11)15(23)18-4/h6-8H,5H2,1-4H3,(H,18,23)(H2,19,20,24). The van der Waals surface area contributed by atoms with E-state index in [9.17, 15) is 14.0 Å². The molecule has 128 valence electrons. The number of aromatic nitrogens is 2. The van der Waals surface area contributed by atoms with Crippen LogP contribution in [0, 0.1) is 19.7 Å². The Balaban J connectivity index is 2.16. The van der Waals surface area contributed by atoms with Crippen LogP contribution in [0.5, 0.6) is 0 Å². The van der Waals surface area contributed by atoms with Crippen molar-refractivity contribution >= 4 is 23.3 Å². The van der Waals surface area contributed by atoms with Crippen molar-refractivity contribution in [2.24, 2.45) is 0 Å². The molecule has 8 heteroatoms. The van der Waals surface area contributed by atoms with Crippen molar-refractivity contribution in [3.8, 4) is 0 Å². The minimum atomic E-state index is -0.656. The van der Waals surface area contributed by atoms with Crippen molar-refractivity contribution in [3.63, 3.8) is 0 Å². The minimum absolute atomic E-state index is 0.138. The summed E-state index contributed by atoms with van der Waals surface area (Å²) < 4.78 is 15.4. The van der Waals surface area contributed by atoms with E-state index >= 15 is 0 Å². The fourth-order valence-electron chi connectivity index (χ4n) is 2.37. The van der Waals surface area contributed by atoms with Gasteiger partial charge in [-0.1, -0.05) is 0 Å². The number of nitrogens with one attached hydrogen (secondary N) is 3. The Labute approximate surface area is 139 Å². The van der Waals surface area contributed by atoms with Gasteiger partial charge in [0.1, 0.15) is 5.82 Å². The fraction of sp³-hybridized carbons (Fsp3) is 0.312. The largest absolute Gasteiger partial charge is 0.355 e. The number of hydrogen-bond acceptors (Lipinski definition) is 3. The molecule has 1 aromatic heterocycles. The van der Waals surface area contributed by atoms with Crippen LogP contribution in [0.1, 0.15) is 28.7 Å². The van der Waals surface area contributed by atoms with Crippen molar-refractivity contribution in [2.75, 3.05) is 17.7 Å². The van der Waals surface area contributed by atoms with Crippen molar-refractivity contribution in [3.05, 3.63) is 41.0 Å². The summed E-state index contributed by atoms with van der Waals surface area (Å²) in [6, 6.07) is 3.30. The van der Waals surface area contributed by atoms with Crippen LogP contribution >= 0.6 is 0 Å². The molecule has 0 radical (unpaired) electrons. The van der Waals surface area contributed by atoms with Crippen molar-refractivity contribution in [1.82, 2.24) is 15.1 Å². The molecular formula is C16H20FN5O2. The number of anilines is 2. The van der Waals surface area contributed by atoms with Crippen molar-refractivity contribution < 1.29 is 14.0 Å². The molecule has 1 aromatic carbocycles. The number of nitrogens with zero attached hydrogens (tertiary/aromatic N) is 2. The van der Waals surface area contributed by atoms with E-state index in [1.165, 1.54) is 19.2 Å². The van der Waals surface area contributed by atoms with E-state index in [1.807, 2.05) is 13.8 Å². The molecule has 0 unspecified atom stereocenters. The first-order valence-electron chi connectivity index (χ1n) is 7.51. The third-order valence-electron chi connectivity index (χ3n) is 3.62. The van der Waals surface area contributed by atoms with E-state index in [-0.39, 0.29) is 5.56 Å². The maximum absolute atomic E-state index is 13.6. The fourth-order valence-corrected chi connectivity index (χ4v) is 2.37.